The molecule has 0 radical (unpaired) electrons. The second-order valence-corrected chi connectivity index (χ2v) is 6.41. The fourth-order valence-corrected chi connectivity index (χ4v) is 2.86. The van der Waals surface area contributed by atoms with E-state index < -0.39 is 5.79 Å². The fourth-order valence-electron chi connectivity index (χ4n) is 2.86. The van der Waals surface area contributed by atoms with Gasteiger partial charge in [0.1, 0.15) is 5.75 Å². The lowest BCUT2D eigenvalue weighted by Gasteiger charge is -2.33. The van der Waals surface area contributed by atoms with E-state index in [9.17, 15) is 5.11 Å². The number of hydrogen-bond acceptors (Lipinski definition) is 5. The van der Waals surface area contributed by atoms with Gasteiger partial charge in [-0.3, -0.25) is 11.1 Å². The van der Waals surface area contributed by atoms with Crippen LogP contribution in [0.25, 0.3) is 0 Å². The lowest BCUT2D eigenvalue weighted by molar-refractivity contribution is 0.368. The van der Waals surface area contributed by atoms with Gasteiger partial charge in [0.25, 0.3) is 0 Å². The predicted molar refractivity (Wildman–Crippen MR) is 104 cm³/mol. The van der Waals surface area contributed by atoms with Gasteiger partial charge in [-0.2, -0.15) is 0 Å². The Hall–Kier alpha value is -3.06. The zero-order valence-corrected chi connectivity index (χ0v) is 14.7. The number of aliphatic imine (C=N–C) groups is 2. The van der Waals surface area contributed by atoms with Gasteiger partial charge in [0.05, 0.1) is 6.04 Å². The van der Waals surface area contributed by atoms with Crippen molar-refractivity contribution in [2.75, 3.05) is 0 Å². The van der Waals surface area contributed by atoms with Crippen LogP contribution < -0.4 is 22.1 Å². The number of aromatic hydroxyl groups is 1. The monoisotopic (exact) mass is 352 g/mol. The highest BCUT2D eigenvalue weighted by Crippen LogP contribution is 2.19. The van der Waals surface area contributed by atoms with Crippen molar-refractivity contribution in [1.29, 1.82) is 0 Å². The first kappa shape index (κ1) is 17.8. The molecule has 0 bridgehead atoms. The molecule has 7 nitrogen and oxygen atoms in total. The molecular weight excluding hydrogens is 328 g/mol. The highest BCUT2D eigenvalue weighted by Gasteiger charge is 2.30. The van der Waals surface area contributed by atoms with Crippen LogP contribution in [-0.2, 0) is 6.42 Å². The molecular formula is C19H24N6O. The number of phenols is 1. The summed E-state index contributed by atoms with van der Waals surface area (Å²) in [7, 11) is 0. The highest BCUT2D eigenvalue weighted by molar-refractivity contribution is 6.00. The van der Waals surface area contributed by atoms with Crippen LogP contribution in [0.2, 0.25) is 0 Å². The summed E-state index contributed by atoms with van der Waals surface area (Å²) in [6.45, 7) is 2.00. The lowest BCUT2D eigenvalue weighted by Crippen LogP contribution is -2.64. The van der Waals surface area contributed by atoms with Crippen molar-refractivity contribution in [1.82, 2.24) is 10.6 Å². The molecule has 2 atom stereocenters. The molecule has 2 aromatic rings. The number of aryl methyl sites for hydroxylation is 1. The SMILES string of the molecule is C[C@H](N=C1NC(N)=NC(N)(CCc2cccc(O)c2)N1)c1ccccc1. The molecule has 0 saturated heterocycles. The average molecular weight is 352 g/mol. The number of benzene rings is 2. The predicted octanol–water partition coefficient (Wildman–Crippen LogP) is 1.56. The quantitative estimate of drug-likeness (QED) is 0.559. The molecule has 26 heavy (non-hydrogen) atoms. The van der Waals surface area contributed by atoms with Gasteiger partial charge in [0, 0.05) is 6.42 Å². The zero-order valence-electron chi connectivity index (χ0n) is 14.7. The molecule has 2 aromatic carbocycles. The molecule has 0 aliphatic carbocycles. The first-order valence-electron chi connectivity index (χ1n) is 8.54. The van der Waals surface area contributed by atoms with Crippen molar-refractivity contribution >= 4 is 11.9 Å². The van der Waals surface area contributed by atoms with Gasteiger partial charge in [0.2, 0.25) is 5.96 Å². The average Bonchev–Trinajstić information content (AvgIpc) is 2.60. The molecule has 0 spiro atoms. The summed E-state index contributed by atoms with van der Waals surface area (Å²) in [4.78, 5) is 8.92. The van der Waals surface area contributed by atoms with E-state index in [-0.39, 0.29) is 17.8 Å². The standard InChI is InChI=1S/C19H24N6O/c1-13(15-7-3-2-4-8-15)22-18-23-17(20)24-19(21,25-18)11-10-14-6-5-9-16(26)12-14/h2-9,12-13,26H,10-11,21H2,1H3,(H4,20,22,23,24,25)/t13-,19?/m0/s1. The Morgan fingerprint density at radius 3 is 2.69 bits per heavy atom. The largest absolute Gasteiger partial charge is 0.508 e. The van der Waals surface area contributed by atoms with E-state index in [0.717, 1.165) is 11.1 Å². The van der Waals surface area contributed by atoms with Gasteiger partial charge < -0.3 is 16.2 Å². The van der Waals surface area contributed by atoms with Crippen molar-refractivity contribution in [2.24, 2.45) is 21.5 Å². The van der Waals surface area contributed by atoms with Gasteiger partial charge in [-0.1, -0.05) is 42.5 Å². The number of nitrogens with two attached hydrogens (primary N) is 2. The van der Waals surface area contributed by atoms with E-state index in [1.165, 1.54) is 0 Å². The Morgan fingerprint density at radius 2 is 1.96 bits per heavy atom. The molecule has 1 aliphatic heterocycles. The second-order valence-electron chi connectivity index (χ2n) is 6.41. The molecule has 0 saturated carbocycles. The molecule has 1 heterocycles. The van der Waals surface area contributed by atoms with Gasteiger partial charge in [-0.05, 0) is 36.6 Å². The number of nitrogens with zero attached hydrogens (tertiary/aromatic N) is 2. The Labute approximate surface area is 152 Å². The minimum atomic E-state index is -1.06. The Balaban J connectivity index is 1.72. The van der Waals surface area contributed by atoms with Crippen molar-refractivity contribution in [2.45, 2.75) is 31.6 Å². The normalized spacial score (nSPS) is 22.2. The van der Waals surface area contributed by atoms with Crippen molar-refractivity contribution in [3.63, 3.8) is 0 Å². The zero-order chi connectivity index (χ0) is 18.6. The number of hydrogen-bond donors (Lipinski definition) is 5. The van der Waals surface area contributed by atoms with E-state index in [4.69, 9.17) is 11.5 Å². The van der Waals surface area contributed by atoms with Crippen LogP contribution in [0.5, 0.6) is 5.75 Å². The molecule has 1 unspecified atom stereocenters. The molecule has 7 heteroatoms. The second kappa shape index (κ2) is 7.45. The first-order chi connectivity index (χ1) is 12.4. The molecule has 3 rings (SSSR count). The van der Waals surface area contributed by atoms with Gasteiger partial charge >= 0.3 is 0 Å². The van der Waals surface area contributed by atoms with Crippen molar-refractivity contribution in [3.8, 4) is 5.75 Å². The Bertz CT molecular complexity index is 820. The summed E-state index contributed by atoms with van der Waals surface area (Å²) < 4.78 is 0. The first-order valence-corrected chi connectivity index (χ1v) is 8.54. The Morgan fingerprint density at radius 1 is 1.19 bits per heavy atom. The fraction of sp³-hybridized carbons (Fsp3) is 0.263. The van der Waals surface area contributed by atoms with Crippen LogP contribution >= 0.6 is 0 Å². The smallest absolute Gasteiger partial charge is 0.201 e. The number of guanidine groups is 2. The third kappa shape index (κ3) is 4.52. The third-order valence-electron chi connectivity index (χ3n) is 4.21. The summed E-state index contributed by atoms with van der Waals surface area (Å²) in [5, 5.41) is 15.6. The van der Waals surface area contributed by atoms with E-state index in [0.29, 0.717) is 18.8 Å². The number of rotatable bonds is 5. The van der Waals surface area contributed by atoms with Crippen LogP contribution in [0.1, 0.15) is 30.5 Å². The minimum absolute atomic E-state index is 0.0626. The number of phenolic OH excluding ortho intramolecular Hbond substituents is 1. The summed E-state index contributed by atoms with van der Waals surface area (Å²) in [5.74, 6) is -0.113. The van der Waals surface area contributed by atoms with Crippen molar-refractivity contribution < 1.29 is 5.11 Å². The number of nitrogens with one attached hydrogen (secondary N) is 2. The minimum Gasteiger partial charge on any atom is -0.508 e. The van der Waals surface area contributed by atoms with Gasteiger partial charge in [-0.25, -0.2) is 9.98 Å². The van der Waals surface area contributed by atoms with E-state index in [1.807, 2.05) is 43.3 Å². The van der Waals surface area contributed by atoms with Gasteiger partial charge in [0.15, 0.2) is 11.7 Å². The van der Waals surface area contributed by atoms with Crippen LogP contribution in [-0.4, -0.2) is 22.8 Å². The molecule has 136 valence electrons. The van der Waals surface area contributed by atoms with Crippen LogP contribution in [0, 0.1) is 0 Å². The van der Waals surface area contributed by atoms with Crippen LogP contribution in [0.4, 0.5) is 0 Å². The van der Waals surface area contributed by atoms with E-state index >= 15 is 0 Å². The third-order valence-corrected chi connectivity index (χ3v) is 4.21. The lowest BCUT2D eigenvalue weighted by atomic mass is 10.1. The molecule has 0 amide bonds. The van der Waals surface area contributed by atoms with Crippen molar-refractivity contribution in [3.05, 3.63) is 65.7 Å². The summed E-state index contributed by atoms with van der Waals surface area (Å²) in [6, 6.07) is 17.0. The summed E-state index contributed by atoms with van der Waals surface area (Å²) in [6.07, 6.45) is 1.13. The Kier molecular flexibility index (Phi) is 5.09. The van der Waals surface area contributed by atoms with Gasteiger partial charge in [-0.15, -0.1) is 0 Å². The molecule has 0 fully saturated rings. The molecule has 1 aliphatic rings. The topological polar surface area (TPSA) is 121 Å². The van der Waals surface area contributed by atoms with E-state index in [1.54, 1.807) is 18.2 Å². The highest BCUT2D eigenvalue weighted by atomic mass is 16.3. The molecule has 7 N–H and O–H groups in total. The maximum absolute atomic E-state index is 9.58. The van der Waals surface area contributed by atoms with Crippen LogP contribution in [0.15, 0.2) is 64.6 Å². The maximum Gasteiger partial charge on any atom is 0.201 e. The van der Waals surface area contributed by atoms with Crippen LogP contribution in [0.3, 0.4) is 0 Å². The summed E-state index contributed by atoms with van der Waals surface area (Å²) >= 11 is 0. The van der Waals surface area contributed by atoms with E-state index in [2.05, 4.69) is 20.6 Å². The molecule has 0 aromatic heterocycles. The summed E-state index contributed by atoms with van der Waals surface area (Å²) in [5.41, 5.74) is 14.3. The maximum atomic E-state index is 9.58.